The maximum Gasteiger partial charge on any atom is 0.222 e. The van der Waals surface area contributed by atoms with Gasteiger partial charge in [-0.15, -0.1) is 11.3 Å². The van der Waals surface area contributed by atoms with Crippen LogP contribution in [-0.4, -0.2) is 46.9 Å². The van der Waals surface area contributed by atoms with Crippen molar-refractivity contribution < 1.29 is 4.79 Å². The number of carbonyl (C=O) groups excluding carboxylic acids is 1. The van der Waals surface area contributed by atoms with Crippen LogP contribution >= 0.6 is 22.7 Å². The van der Waals surface area contributed by atoms with Gasteiger partial charge in [0.2, 0.25) is 5.91 Å². The van der Waals surface area contributed by atoms with Gasteiger partial charge in [0, 0.05) is 55.5 Å². The van der Waals surface area contributed by atoms with E-state index in [0.717, 1.165) is 43.4 Å². The molecular formula is C15H19N3OS2. The fraction of sp³-hybridized carbons (Fsp3) is 0.467. The molecule has 1 saturated heterocycles. The zero-order valence-electron chi connectivity index (χ0n) is 12.1. The molecule has 1 amide bonds. The predicted octanol–water partition coefficient (Wildman–Crippen LogP) is 2.93. The normalized spacial score (nSPS) is 16.3. The van der Waals surface area contributed by atoms with Crippen LogP contribution < -0.4 is 0 Å². The van der Waals surface area contributed by atoms with Crippen molar-refractivity contribution in [2.45, 2.75) is 19.9 Å². The van der Waals surface area contributed by atoms with Crippen molar-refractivity contribution in [3.63, 3.8) is 0 Å². The second-order valence-electron chi connectivity index (χ2n) is 5.17. The fourth-order valence-corrected chi connectivity index (χ4v) is 4.03. The lowest BCUT2D eigenvalue weighted by Crippen LogP contribution is -2.48. The summed E-state index contributed by atoms with van der Waals surface area (Å²) >= 11 is 3.41. The van der Waals surface area contributed by atoms with Crippen LogP contribution in [0.3, 0.4) is 0 Å². The first-order valence-electron chi connectivity index (χ1n) is 7.23. The quantitative estimate of drug-likeness (QED) is 0.869. The molecular weight excluding hydrogens is 302 g/mol. The van der Waals surface area contributed by atoms with E-state index < -0.39 is 0 Å². The van der Waals surface area contributed by atoms with Gasteiger partial charge in [0.15, 0.2) is 0 Å². The third-order valence-corrected chi connectivity index (χ3v) is 5.36. The Bertz CT molecular complexity index is 586. The van der Waals surface area contributed by atoms with Gasteiger partial charge < -0.3 is 4.90 Å². The Labute approximate surface area is 133 Å². The summed E-state index contributed by atoms with van der Waals surface area (Å²) in [4.78, 5) is 20.7. The van der Waals surface area contributed by atoms with Gasteiger partial charge in [-0.2, -0.15) is 11.3 Å². The molecule has 0 bridgehead atoms. The molecule has 3 heterocycles. The minimum absolute atomic E-state index is 0.267. The molecule has 21 heavy (non-hydrogen) atoms. The molecule has 0 atom stereocenters. The lowest BCUT2D eigenvalue weighted by Gasteiger charge is -2.34. The highest BCUT2D eigenvalue weighted by Gasteiger charge is 2.20. The SMILES string of the molecule is CCC(=O)N1CCN(Cc2csc(-c3ccsc3)n2)CC1. The number of hydrogen-bond donors (Lipinski definition) is 0. The first-order valence-corrected chi connectivity index (χ1v) is 9.05. The van der Waals surface area contributed by atoms with Crippen LogP contribution in [0.4, 0.5) is 0 Å². The van der Waals surface area contributed by atoms with Crippen LogP contribution in [0, 0.1) is 0 Å². The molecule has 0 aliphatic carbocycles. The molecule has 6 heteroatoms. The summed E-state index contributed by atoms with van der Waals surface area (Å²) < 4.78 is 0. The highest BCUT2D eigenvalue weighted by Crippen LogP contribution is 2.26. The Kier molecular flexibility index (Phi) is 4.67. The molecule has 0 N–H and O–H groups in total. The van der Waals surface area contributed by atoms with E-state index in [1.807, 2.05) is 11.8 Å². The number of piperazine rings is 1. The topological polar surface area (TPSA) is 36.4 Å². The van der Waals surface area contributed by atoms with Crippen molar-refractivity contribution in [1.82, 2.24) is 14.8 Å². The van der Waals surface area contributed by atoms with E-state index in [9.17, 15) is 4.79 Å². The van der Waals surface area contributed by atoms with Crippen molar-refractivity contribution in [3.8, 4) is 10.6 Å². The summed E-state index contributed by atoms with van der Waals surface area (Å²) in [5, 5.41) is 7.47. The molecule has 4 nitrogen and oxygen atoms in total. The molecule has 1 aliphatic rings. The summed E-state index contributed by atoms with van der Waals surface area (Å²) in [5.74, 6) is 0.267. The van der Waals surface area contributed by atoms with Crippen molar-refractivity contribution in [2.24, 2.45) is 0 Å². The van der Waals surface area contributed by atoms with Gasteiger partial charge in [-0.25, -0.2) is 4.98 Å². The van der Waals surface area contributed by atoms with Crippen molar-refractivity contribution in [1.29, 1.82) is 0 Å². The summed E-state index contributed by atoms with van der Waals surface area (Å²) in [6.07, 6.45) is 0.607. The van der Waals surface area contributed by atoms with Gasteiger partial charge in [-0.3, -0.25) is 9.69 Å². The maximum absolute atomic E-state index is 11.7. The molecule has 2 aromatic rings. The Morgan fingerprint density at radius 1 is 1.29 bits per heavy atom. The molecule has 0 unspecified atom stereocenters. The van der Waals surface area contributed by atoms with Crippen molar-refractivity contribution in [3.05, 3.63) is 27.9 Å². The molecule has 1 fully saturated rings. The lowest BCUT2D eigenvalue weighted by atomic mass is 10.2. The van der Waals surface area contributed by atoms with Gasteiger partial charge in [0.05, 0.1) is 5.69 Å². The van der Waals surface area contributed by atoms with E-state index in [1.165, 1.54) is 5.56 Å². The van der Waals surface area contributed by atoms with E-state index >= 15 is 0 Å². The zero-order valence-corrected chi connectivity index (χ0v) is 13.8. The van der Waals surface area contributed by atoms with Gasteiger partial charge >= 0.3 is 0 Å². The molecule has 112 valence electrons. The maximum atomic E-state index is 11.7. The average Bonchev–Trinajstić information content (AvgIpc) is 3.18. The minimum Gasteiger partial charge on any atom is -0.340 e. The molecule has 2 aromatic heterocycles. The number of hydrogen-bond acceptors (Lipinski definition) is 5. The number of aromatic nitrogens is 1. The molecule has 0 spiro atoms. The number of thiophene rings is 1. The van der Waals surface area contributed by atoms with Crippen LogP contribution in [-0.2, 0) is 11.3 Å². The smallest absolute Gasteiger partial charge is 0.222 e. The Balaban J connectivity index is 1.55. The second kappa shape index (κ2) is 6.68. The summed E-state index contributed by atoms with van der Waals surface area (Å²) in [6.45, 7) is 6.38. The lowest BCUT2D eigenvalue weighted by molar-refractivity contribution is -0.132. The molecule has 0 saturated carbocycles. The Morgan fingerprint density at radius 2 is 2.10 bits per heavy atom. The molecule has 0 radical (unpaired) electrons. The number of thiazole rings is 1. The molecule has 1 aliphatic heterocycles. The van der Waals surface area contributed by atoms with E-state index in [4.69, 9.17) is 4.98 Å². The van der Waals surface area contributed by atoms with Crippen LogP contribution in [0.25, 0.3) is 10.6 Å². The van der Waals surface area contributed by atoms with Gasteiger partial charge in [-0.05, 0) is 11.4 Å². The number of amides is 1. The van der Waals surface area contributed by atoms with Crippen LogP contribution in [0.15, 0.2) is 22.2 Å². The third kappa shape index (κ3) is 3.51. The number of nitrogens with zero attached hydrogens (tertiary/aromatic N) is 3. The summed E-state index contributed by atoms with van der Waals surface area (Å²) in [7, 11) is 0. The van der Waals surface area contributed by atoms with Gasteiger partial charge in [-0.1, -0.05) is 6.92 Å². The van der Waals surface area contributed by atoms with E-state index in [1.54, 1.807) is 22.7 Å². The number of rotatable bonds is 4. The largest absolute Gasteiger partial charge is 0.340 e. The average molecular weight is 321 g/mol. The number of carbonyl (C=O) groups is 1. The monoisotopic (exact) mass is 321 g/mol. The summed E-state index contributed by atoms with van der Waals surface area (Å²) in [6, 6.07) is 2.11. The molecule has 0 aromatic carbocycles. The summed E-state index contributed by atoms with van der Waals surface area (Å²) in [5.41, 5.74) is 2.35. The zero-order chi connectivity index (χ0) is 14.7. The van der Waals surface area contributed by atoms with Crippen LogP contribution in [0.2, 0.25) is 0 Å². The second-order valence-corrected chi connectivity index (χ2v) is 6.80. The third-order valence-electron chi connectivity index (χ3n) is 3.73. The Hall–Kier alpha value is -1.24. The highest BCUT2D eigenvalue weighted by atomic mass is 32.1. The first kappa shape index (κ1) is 14.7. The van der Waals surface area contributed by atoms with Gasteiger partial charge in [0.1, 0.15) is 5.01 Å². The van der Waals surface area contributed by atoms with Crippen molar-refractivity contribution in [2.75, 3.05) is 26.2 Å². The minimum atomic E-state index is 0.267. The van der Waals surface area contributed by atoms with Crippen LogP contribution in [0.1, 0.15) is 19.0 Å². The highest BCUT2D eigenvalue weighted by molar-refractivity contribution is 7.14. The molecule has 3 rings (SSSR count). The Morgan fingerprint density at radius 3 is 2.76 bits per heavy atom. The predicted molar refractivity (Wildman–Crippen MR) is 87.6 cm³/mol. The fourth-order valence-electron chi connectivity index (χ4n) is 2.51. The van der Waals surface area contributed by atoms with E-state index in [2.05, 4.69) is 27.1 Å². The standard InChI is InChI=1S/C15H19N3OS2/c1-2-14(19)18-6-4-17(5-7-18)9-13-11-21-15(16-13)12-3-8-20-10-12/h3,8,10-11H,2,4-7,9H2,1H3. The van der Waals surface area contributed by atoms with E-state index in [-0.39, 0.29) is 5.91 Å². The van der Waals surface area contributed by atoms with E-state index in [0.29, 0.717) is 6.42 Å². The van der Waals surface area contributed by atoms with Crippen LogP contribution in [0.5, 0.6) is 0 Å². The first-order chi connectivity index (χ1) is 10.3. The van der Waals surface area contributed by atoms with Crippen molar-refractivity contribution >= 4 is 28.6 Å². The van der Waals surface area contributed by atoms with Gasteiger partial charge in [0.25, 0.3) is 0 Å².